The Bertz CT molecular complexity index is 1100. The first kappa shape index (κ1) is 16.8. The summed E-state index contributed by atoms with van der Waals surface area (Å²) in [4.78, 5) is 6.79. The molecule has 0 aliphatic carbocycles. The van der Waals surface area contributed by atoms with Crippen LogP contribution in [0.4, 0.5) is 5.82 Å². The number of rotatable bonds is 5. The standard InChI is InChI=1S/C23H21N3O2/c24-23-9-3-8-21(25-23)19-10-11-22(20-7-2-1-6-18(19)20)28-17-14-26(15-17)13-16-5-4-12-27-16/h1-12,17H,13-15H2,(H2,24,25). The first-order valence-corrected chi connectivity index (χ1v) is 9.42. The summed E-state index contributed by atoms with van der Waals surface area (Å²) in [6.07, 6.45) is 1.90. The molecule has 5 nitrogen and oxygen atoms in total. The lowest BCUT2D eigenvalue weighted by Gasteiger charge is -2.38. The molecule has 0 atom stereocenters. The van der Waals surface area contributed by atoms with E-state index in [0.29, 0.717) is 5.82 Å². The number of likely N-dealkylation sites (tertiary alicyclic amines) is 1. The molecular formula is C23H21N3O2. The molecule has 0 saturated carbocycles. The van der Waals surface area contributed by atoms with Gasteiger partial charge in [-0.25, -0.2) is 4.98 Å². The minimum atomic E-state index is 0.190. The fourth-order valence-electron chi connectivity index (χ4n) is 3.73. The van der Waals surface area contributed by atoms with Crippen LogP contribution in [-0.4, -0.2) is 29.1 Å². The van der Waals surface area contributed by atoms with Crippen LogP contribution in [0.25, 0.3) is 22.0 Å². The maximum Gasteiger partial charge on any atom is 0.127 e. The molecule has 2 N–H and O–H groups in total. The molecular weight excluding hydrogens is 350 g/mol. The average molecular weight is 371 g/mol. The highest BCUT2D eigenvalue weighted by Crippen LogP contribution is 2.35. The second-order valence-electron chi connectivity index (χ2n) is 7.12. The molecule has 0 spiro atoms. The van der Waals surface area contributed by atoms with Gasteiger partial charge in [-0.1, -0.05) is 30.3 Å². The number of hydrogen-bond donors (Lipinski definition) is 1. The molecule has 2 aromatic heterocycles. The molecule has 0 amide bonds. The van der Waals surface area contributed by atoms with Crippen LogP contribution in [0.2, 0.25) is 0 Å². The number of nitrogens with two attached hydrogens (primary N) is 1. The highest BCUT2D eigenvalue weighted by molar-refractivity contribution is 5.99. The fourth-order valence-corrected chi connectivity index (χ4v) is 3.73. The van der Waals surface area contributed by atoms with Crippen molar-refractivity contribution in [2.75, 3.05) is 18.8 Å². The quantitative estimate of drug-likeness (QED) is 0.565. The predicted octanol–water partition coefficient (Wildman–Crippen LogP) is 4.34. The minimum absolute atomic E-state index is 0.190. The van der Waals surface area contributed by atoms with Crippen molar-refractivity contribution < 1.29 is 9.15 Å². The Kier molecular flexibility index (Phi) is 4.22. The second-order valence-corrected chi connectivity index (χ2v) is 7.12. The van der Waals surface area contributed by atoms with Crippen LogP contribution in [0.15, 0.2) is 77.4 Å². The van der Waals surface area contributed by atoms with E-state index in [2.05, 4.69) is 28.1 Å². The topological polar surface area (TPSA) is 64.5 Å². The molecule has 1 saturated heterocycles. The van der Waals surface area contributed by atoms with Gasteiger partial charge in [0.05, 0.1) is 18.5 Å². The van der Waals surface area contributed by atoms with Gasteiger partial charge in [0.2, 0.25) is 0 Å². The van der Waals surface area contributed by atoms with Crippen LogP contribution in [0.1, 0.15) is 5.76 Å². The summed E-state index contributed by atoms with van der Waals surface area (Å²) in [5, 5.41) is 2.21. The summed E-state index contributed by atoms with van der Waals surface area (Å²) in [6.45, 7) is 2.62. The summed E-state index contributed by atoms with van der Waals surface area (Å²) in [5.41, 5.74) is 7.81. The van der Waals surface area contributed by atoms with E-state index in [1.807, 2.05) is 42.5 Å². The maximum absolute atomic E-state index is 6.31. The van der Waals surface area contributed by atoms with E-state index < -0.39 is 0 Å². The van der Waals surface area contributed by atoms with Crippen molar-refractivity contribution in [3.63, 3.8) is 0 Å². The average Bonchev–Trinajstić information content (AvgIpc) is 3.19. The molecule has 5 rings (SSSR count). The van der Waals surface area contributed by atoms with Gasteiger partial charge in [-0.05, 0) is 41.8 Å². The van der Waals surface area contributed by atoms with E-state index in [4.69, 9.17) is 14.9 Å². The number of nitrogens with zero attached hydrogens (tertiary/aromatic N) is 2. The molecule has 1 fully saturated rings. The Morgan fingerprint density at radius 1 is 0.964 bits per heavy atom. The fraction of sp³-hybridized carbons (Fsp3) is 0.174. The van der Waals surface area contributed by atoms with E-state index in [-0.39, 0.29) is 6.10 Å². The molecule has 28 heavy (non-hydrogen) atoms. The zero-order valence-corrected chi connectivity index (χ0v) is 15.4. The Labute approximate surface area is 163 Å². The van der Waals surface area contributed by atoms with Crippen molar-refractivity contribution in [3.8, 4) is 17.0 Å². The van der Waals surface area contributed by atoms with Gasteiger partial charge in [0.1, 0.15) is 23.4 Å². The Balaban J connectivity index is 1.37. The lowest BCUT2D eigenvalue weighted by molar-refractivity contribution is 0.0116. The lowest BCUT2D eigenvalue weighted by atomic mass is 10.0. The Hall–Kier alpha value is -3.31. The molecule has 5 heteroatoms. The SMILES string of the molecule is Nc1cccc(-c2ccc(OC3CN(Cc4ccco4)C3)c3ccccc23)n1. The Morgan fingerprint density at radius 2 is 1.82 bits per heavy atom. The van der Waals surface area contributed by atoms with Crippen molar-refractivity contribution in [2.24, 2.45) is 0 Å². The van der Waals surface area contributed by atoms with E-state index in [1.54, 1.807) is 12.3 Å². The monoisotopic (exact) mass is 371 g/mol. The lowest BCUT2D eigenvalue weighted by Crippen LogP contribution is -2.53. The third-order valence-corrected chi connectivity index (χ3v) is 5.11. The van der Waals surface area contributed by atoms with Crippen molar-refractivity contribution in [1.82, 2.24) is 9.88 Å². The normalized spacial score (nSPS) is 14.9. The predicted molar refractivity (Wildman–Crippen MR) is 110 cm³/mol. The minimum Gasteiger partial charge on any atom is -0.487 e. The number of benzene rings is 2. The molecule has 140 valence electrons. The van der Waals surface area contributed by atoms with E-state index >= 15 is 0 Å². The Morgan fingerprint density at radius 3 is 2.61 bits per heavy atom. The van der Waals surface area contributed by atoms with Gasteiger partial charge in [0, 0.05) is 24.0 Å². The number of anilines is 1. The van der Waals surface area contributed by atoms with Gasteiger partial charge < -0.3 is 14.9 Å². The summed E-state index contributed by atoms with van der Waals surface area (Å²) in [5.74, 6) is 2.42. The highest BCUT2D eigenvalue weighted by atomic mass is 16.5. The van der Waals surface area contributed by atoms with Crippen LogP contribution in [0, 0.1) is 0 Å². The largest absolute Gasteiger partial charge is 0.487 e. The van der Waals surface area contributed by atoms with Gasteiger partial charge in [0.15, 0.2) is 0 Å². The van der Waals surface area contributed by atoms with E-state index in [9.17, 15) is 0 Å². The number of pyridine rings is 1. The van der Waals surface area contributed by atoms with Crippen molar-refractivity contribution in [3.05, 3.63) is 78.8 Å². The number of hydrogen-bond acceptors (Lipinski definition) is 5. The summed E-state index contributed by atoms with van der Waals surface area (Å²) in [7, 11) is 0. The first-order valence-electron chi connectivity index (χ1n) is 9.42. The summed E-state index contributed by atoms with van der Waals surface area (Å²) >= 11 is 0. The van der Waals surface area contributed by atoms with Crippen LogP contribution in [0.3, 0.4) is 0 Å². The van der Waals surface area contributed by atoms with Gasteiger partial charge >= 0.3 is 0 Å². The smallest absolute Gasteiger partial charge is 0.127 e. The van der Waals surface area contributed by atoms with Crippen molar-refractivity contribution in [2.45, 2.75) is 12.6 Å². The summed E-state index contributed by atoms with van der Waals surface area (Å²) in [6, 6.07) is 22.0. The second kappa shape index (κ2) is 7.02. The molecule has 0 bridgehead atoms. The third kappa shape index (κ3) is 3.21. The number of fused-ring (bicyclic) bond motifs is 1. The molecule has 0 radical (unpaired) electrons. The molecule has 0 unspecified atom stereocenters. The van der Waals surface area contributed by atoms with Crippen molar-refractivity contribution >= 4 is 16.6 Å². The molecule has 2 aromatic carbocycles. The summed E-state index contributed by atoms with van der Waals surface area (Å²) < 4.78 is 11.7. The first-order chi connectivity index (χ1) is 13.8. The molecule has 4 aromatic rings. The van der Waals surface area contributed by atoms with E-state index in [0.717, 1.165) is 53.2 Å². The van der Waals surface area contributed by atoms with Crippen LogP contribution in [0.5, 0.6) is 5.75 Å². The molecule has 3 heterocycles. The van der Waals surface area contributed by atoms with Gasteiger partial charge in [-0.3, -0.25) is 4.90 Å². The zero-order chi connectivity index (χ0) is 18.9. The zero-order valence-electron chi connectivity index (χ0n) is 15.4. The van der Waals surface area contributed by atoms with Crippen LogP contribution in [-0.2, 0) is 6.54 Å². The molecule has 1 aliphatic heterocycles. The number of ether oxygens (including phenoxy) is 1. The third-order valence-electron chi connectivity index (χ3n) is 5.11. The van der Waals surface area contributed by atoms with E-state index in [1.165, 1.54) is 0 Å². The van der Waals surface area contributed by atoms with Gasteiger partial charge in [-0.15, -0.1) is 0 Å². The number of nitrogen functional groups attached to an aromatic ring is 1. The van der Waals surface area contributed by atoms with Gasteiger partial charge in [0.25, 0.3) is 0 Å². The van der Waals surface area contributed by atoms with Crippen molar-refractivity contribution in [1.29, 1.82) is 0 Å². The maximum atomic E-state index is 6.31. The van der Waals surface area contributed by atoms with Crippen LogP contribution >= 0.6 is 0 Å². The van der Waals surface area contributed by atoms with Gasteiger partial charge in [-0.2, -0.15) is 0 Å². The highest BCUT2D eigenvalue weighted by Gasteiger charge is 2.29. The van der Waals surface area contributed by atoms with Crippen LogP contribution < -0.4 is 10.5 Å². The molecule has 1 aliphatic rings. The number of furan rings is 1. The number of aromatic nitrogens is 1.